The molecule has 0 atom stereocenters. The average molecular weight is 441 g/mol. The highest BCUT2D eigenvalue weighted by Gasteiger charge is 2.10. The van der Waals surface area contributed by atoms with Gasteiger partial charge in [-0.25, -0.2) is 5.43 Å². The van der Waals surface area contributed by atoms with Crippen LogP contribution in [-0.4, -0.2) is 25.8 Å². The van der Waals surface area contributed by atoms with Gasteiger partial charge >= 0.3 is 0 Å². The normalized spacial score (nSPS) is 11.2. The van der Waals surface area contributed by atoms with Crippen LogP contribution in [0.15, 0.2) is 58.0 Å². The number of halogens is 1. The fourth-order valence-corrected chi connectivity index (χ4v) is 3.24. The van der Waals surface area contributed by atoms with Gasteiger partial charge in [-0.1, -0.05) is 37.6 Å². The molecule has 0 saturated carbocycles. The minimum absolute atomic E-state index is 0.131. The van der Waals surface area contributed by atoms with Gasteiger partial charge in [-0.05, 0) is 60.4 Å². The van der Waals surface area contributed by atoms with Gasteiger partial charge in [0.2, 0.25) is 0 Å². The predicted molar refractivity (Wildman–Crippen MR) is 122 cm³/mol. The zero-order valence-electron chi connectivity index (χ0n) is 17.9. The molecule has 0 bridgehead atoms. The lowest BCUT2D eigenvalue weighted by molar-refractivity contribution is -0.123. The van der Waals surface area contributed by atoms with Crippen molar-refractivity contribution in [1.82, 2.24) is 5.43 Å². The summed E-state index contributed by atoms with van der Waals surface area (Å²) in [4.78, 5) is 12.1. The Morgan fingerprint density at radius 1 is 1.16 bits per heavy atom. The van der Waals surface area contributed by atoms with E-state index in [2.05, 4.69) is 24.4 Å². The van der Waals surface area contributed by atoms with Crippen LogP contribution in [0.4, 0.5) is 0 Å². The Kier molecular flexibility index (Phi) is 7.36. The Morgan fingerprint density at radius 2 is 1.97 bits per heavy atom. The van der Waals surface area contributed by atoms with Gasteiger partial charge in [0.1, 0.15) is 23.0 Å². The maximum atomic E-state index is 12.1. The molecule has 3 rings (SSSR count). The lowest BCUT2D eigenvalue weighted by Gasteiger charge is -2.14. The van der Waals surface area contributed by atoms with Crippen molar-refractivity contribution in [3.05, 3.63) is 70.4 Å². The SMILES string of the molecule is COc1ccc(-c2ccc(/C=N/NC(=O)COc3cc(C)ccc3C(C)C)o2)cc1Cl. The molecule has 0 radical (unpaired) electrons. The summed E-state index contributed by atoms with van der Waals surface area (Å²) >= 11 is 6.16. The van der Waals surface area contributed by atoms with Gasteiger partial charge in [0.05, 0.1) is 18.3 Å². The largest absolute Gasteiger partial charge is 0.495 e. The molecule has 0 aliphatic rings. The summed E-state index contributed by atoms with van der Waals surface area (Å²) in [5.74, 6) is 2.36. The molecule has 7 heteroatoms. The number of methoxy groups -OCH3 is 1. The number of hydrazone groups is 1. The zero-order chi connectivity index (χ0) is 22.4. The van der Waals surface area contributed by atoms with Gasteiger partial charge in [0, 0.05) is 5.56 Å². The number of hydrogen-bond acceptors (Lipinski definition) is 5. The standard InChI is InChI=1S/C24H25ClN2O4/c1-15(2)19-8-5-16(3)11-23(19)30-14-24(28)27-26-13-18-7-10-21(31-18)17-6-9-22(29-4)20(25)12-17/h5-13,15H,14H2,1-4H3,(H,27,28)/b26-13+. The van der Waals surface area contributed by atoms with Crippen molar-refractivity contribution < 1.29 is 18.7 Å². The van der Waals surface area contributed by atoms with Crippen LogP contribution in [0.3, 0.4) is 0 Å². The summed E-state index contributed by atoms with van der Waals surface area (Å²) < 4.78 is 16.6. The molecule has 0 aliphatic heterocycles. The number of carbonyl (C=O) groups is 1. The van der Waals surface area contributed by atoms with E-state index in [9.17, 15) is 4.79 Å². The molecule has 2 aromatic carbocycles. The molecule has 0 fully saturated rings. The number of nitrogens with zero attached hydrogens (tertiary/aromatic N) is 1. The molecular weight excluding hydrogens is 416 g/mol. The molecule has 31 heavy (non-hydrogen) atoms. The van der Waals surface area contributed by atoms with Crippen LogP contribution in [0.25, 0.3) is 11.3 Å². The smallest absolute Gasteiger partial charge is 0.277 e. The number of hydrogen-bond donors (Lipinski definition) is 1. The summed E-state index contributed by atoms with van der Waals surface area (Å²) in [5, 5.41) is 4.43. The van der Waals surface area contributed by atoms with Gasteiger partial charge in [0.25, 0.3) is 5.91 Å². The summed E-state index contributed by atoms with van der Waals surface area (Å²) in [6.45, 7) is 6.02. The number of rotatable bonds is 8. The van der Waals surface area contributed by atoms with Crippen LogP contribution in [0.1, 0.15) is 36.7 Å². The fourth-order valence-electron chi connectivity index (χ4n) is 2.98. The average Bonchev–Trinajstić information content (AvgIpc) is 3.21. The van der Waals surface area contributed by atoms with Crippen LogP contribution < -0.4 is 14.9 Å². The van der Waals surface area contributed by atoms with Gasteiger partial charge < -0.3 is 13.9 Å². The summed E-state index contributed by atoms with van der Waals surface area (Å²) in [7, 11) is 1.56. The lowest BCUT2D eigenvalue weighted by Crippen LogP contribution is -2.24. The first-order valence-corrected chi connectivity index (χ1v) is 10.2. The van der Waals surface area contributed by atoms with Crippen LogP contribution >= 0.6 is 11.6 Å². The Balaban J connectivity index is 1.56. The second-order valence-corrected chi connectivity index (χ2v) is 7.74. The van der Waals surface area contributed by atoms with E-state index in [1.807, 2.05) is 31.2 Å². The van der Waals surface area contributed by atoms with Crippen LogP contribution in [0.2, 0.25) is 5.02 Å². The molecule has 3 aromatic rings. The van der Waals surface area contributed by atoms with Crippen molar-refractivity contribution in [2.45, 2.75) is 26.7 Å². The first kappa shape index (κ1) is 22.4. The van der Waals surface area contributed by atoms with Crippen molar-refractivity contribution in [1.29, 1.82) is 0 Å². The molecule has 162 valence electrons. The number of benzene rings is 2. The first-order chi connectivity index (χ1) is 14.9. The van der Waals surface area contributed by atoms with E-state index in [0.717, 1.165) is 16.7 Å². The molecule has 0 spiro atoms. The van der Waals surface area contributed by atoms with Gasteiger partial charge in [-0.3, -0.25) is 4.79 Å². The third-order valence-electron chi connectivity index (χ3n) is 4.59. The number of furan rings is 1. The highest BCUT2D eigenvalue weighted by atomic mass is 35.5. The molecule has 6 nitrogen and oxygen atoms in total. The summed E-state index contributed by atoms with van der Waals surface area (Å²) in [5.41, 5.74) is 5.39. The predicted octanol–water partition coefficient (Wildman–Crippen LogP) is 5.57. The number of nitrogens with one attached hydrogen (secondary N) is 1. The van der Waals surface area contributed by atoms with Crippen molar-refractivity contribution in [2.75, 3.05) is 13.7 Å². The number of amides is 1. The quantitative estimate of drug-likeness (QED) is 0.367. The third-order valence-corrected chi connectivity index (χ3v) is 4.89. The molecule has 1 amide bonds. The zero-order valence-corrected chi connectivity index (χ0v) is 18.7. The number of ether oxygens (including phenoxy) is 2. The third kappa shape index (κ3) is 5.89. The van der Waals surface area contributed by atoms with E-state index in [1.54, 1.807) is 31.4 Å². The van der Waals surface area contributed by atoms with Gasteiger partial charge in [0.15, 0.2) is 6.61 Å². The van der Waals surface area contributed by atoms with Crippen LogP contribution in [0.5, 0.6) is 11.5 Å². The van der Waals surface area contributed by atoms with E-state index in [1.165, 1.54) is 6.21 Å². The maximum absolute atomic E-state index is 12.1. The maximum Gasteiger partial charge on any atom is 0.277 e. The van der Waals surface area contributed by atoms with E-state index in [-0.39, 0.29) is 12.5 Å². The minimum Gasteiger partial charge on any atom is -0.495 e. The highest BCUT2D eigenvalue weighted by molar-refractivity contribution is 6.32. The Bertz CT molecular complexity index is 1090. The van der Waals surface area contributed by atoms with Crippen molar-refractivity contribution in [2.24, 2.45) is 5.10 Å². The van der Waals surface area contributed by atoms with Gasteiger partial charge in [-0.2, -0.15) is 5.10 Å². The van der Waals surface area contributed by atoms with E-state index in [0.29, 0.717) is 34.0 Å². The van der Waals surface area contributed by atoms with Crippen LogP contribution in [0, 0.1) is 6.92 Å². The van der Waals surface area contributed by atoms with Crippen molar-refractivity contribution in [3.63, 3.8) is 0 Å². The minimum atomic E-state index is -0.360. The number of aryl methyl sites for hydroxylation is 1. The Morgan fingerprint density at radius 3 is 2.68 bits per heavy atom. The van der Waals surface area contributed by atoms with Gasteiger partial charge in [-0.15, -0.1) is 0 Å². The van der Waals surface area contributed by atoms with E-state index in [4.69, 9.17) is 25.5 Å². The van der Waals surface area contributed by atoms with Crippen LogP contribution in [-0.2, 0) is 4.79 Å². The fraction of sp³-hybridized carbons (Fsp3) is 0.250. The summed E-state index contributed by atoms with van der Waals surface area (Å²) in [6.07, 6.45) is 1.43. The molecule has 0 aliphatic carbocycles. The molecule has 1 heterocycles. The van der Waals surface area contributed by atoms with Crippen molar-refractivity contribution in [3.8, 4) is 22.8 Å². The van der Waals surface area contributed by atoms with E-state index < -0.39 is 0 Å². The second kappa shape index (κ2) is 10.2. The highest BCUT2D eigenvalue weighted by Crippen LogP contribution is 2.31. The topological polar surface area (TPSA) is 73.1 Å². The Labute approximate surface area is 186 Å². The lowest BCUT2D eigenvalue weighted by atomic mass is 10.0. The Hall–Kier alpha value is -3.25. The number of carbonyl (C=O) groups excluding carboxylic acids is 1. The monoisotopic (exact) mass is 440 g/mol. The molecule has 0 unspecified atom stereocenters. The summed E-state index contributed by atoms with van der Waals surface area (Å²) in [6, 6.07) is 14.9. The second-order valence-electron chi connectivity index (χ2n) is 7.33. The van der Waals surface area contributed by atoms with Crippen molar-refractivity contribution >= 4 is 23.7 Å². The molecule has 1 aromatic heterocycles. The molecule has 1 N–H and O–H groups in total. The molecule has 0 saturated heterocycles. The molecular formula is C24H25ClN2O4. The van der Waals surface area contributed by atoms with E-state index >= 15 is 0 Å². The first-order valence-electron chi connectivity index (χ1n) is 9.86.